The maximum atomic E-state index is 14.4. The second-order valence-corrected chi connectivity index (χ2v) is 16.0. The van der Waals surface area contributed by atoms with Crippen molar-refractivity contribution in [3.05, 3.63) is 65.5 Å². The molecule has 2 aromatic carbocycles. The molecule has 15 heteroatoms. The summed E-state index contributed by atoms with van der Waals surface area (Å²) in [5.74, 6) is -0.467. The highest BCUT2D eigenvalue weighted by molar-refractivity contribution is 7.92. The molecule has 4 atom stereocenters. The third-order valence-corrected chi connectivity index (χ3v) is 11.9. The second kappa shape index (κ2) is 15.8. The van der Waals surface area contributed by atoms with Crippen LogP contribution >= 0.6 is 0 Å². The largest absolute Gasteiger partial charge is 0.490 e. The van der Waals surface area contributed by atoms with Crippen LogP contribution in [0.3, 0.4) is 0 Å². The Kier molecular flexibility index (Phi) is 12.3. The highest BCUT2D eigenvalue weighted by Crippen LogP contribution is 2.30. The van der Waals surface area contributed by atoms with Crippen molar-refractivity contribution in [3.63, 3.8) is 0 Å². The molecule has 0 aliphatic carbocycles. The summed E-state index contributed by atoms with van der Waals surface area (Å²) < 4.78 is 74.7. The van der Waals surface area contributed by atoms with E-state index in [2.05, 4.69) is 9.88 Å². The first-order valence-corrected chi connectivity index (χ1v) is 18.9. The molecule has 264 valence electrons. The van der Waals surface area contributed by atoms with Gasteiger partial charge in [-0.1, -0.05) is 30.3 Å². The number of hydrogen-bond donors (Lipinski definition) is 2. The van der Waals surface area contributed by atoms with Crippen molar-refractivity contribution >= 4 is 31.6 Å². The van der Waals surface area contributed by atoms with E-state index in [1.165, 1.54) is 54.4 Å². The Morgan fingerprint density at radius 1 is 1.08 bits per heavy atom. The van der Waals surface area contributed by atoms with Crippen molar-refractivity contribution in [3.8, 4) is 5.75 Å². The first-order valence-electron chi connectivity index (χ1n) is 16.0. The summed E-state index contributed by atoms with van der Waals surface area (Å²) >= 11 is 0. The summed E-state index contributed by atoms with van der Waals surface area (Å²) in [5.41, 5.74) is 0.423. The van der Waals surface area contributed by atoms with Crippen molar-refractivity contribution in [2.75, 3.05) is 38.1 Å². The smallest absolute Gasteiger partial charge is 0.267 e. The number of hydrogen-bond acceptors (Lipinski definition) is 10. The normalized spacial score (nSPS) is 20.9. The molecule has 2 N–H and O–H groups in total. The minimum Gasteiger partial charge on any atom is -0.490 e. The molecule has 1 aliphatic rings. The molecule has 3 aromatic rings. The van der Waals surface area contributed by atoms with Crippen molar-refractivity contribution < 1.29 is 40.7 Å². The Hall–Kier alpha value is -3.50. The third kappa shape index (κ3) is 8.74. The Balaban J connectivity index is 1.69. The van der Waals surface area contributed by atoms with Gasteiger partial charge < -0.3 is 24.0 Å². The van der Waals surface area contributed by atoms with E-state index < -0.39 is 38.1 Å². The molecule has 0 spiro atoms. The van der Waals surface area contributed by atoms with Gasteiger partial charge in [0, 0.05) is 38.3 Å². The molecule has 48 heavy (non-hydrogen) atoms. The highest BCUT2D eigenvalue weighted by Gasteiger charge is 2.33. The number of nitrogens with zero attached hydrogens (tertiary/aromatic N) is 3. The lowest BCUT2D eigenvalue weighted by molar-refractivity contribution is -0.00833. The summed E-state index contributed by atoms with van der Waals surface area (Å²) in [6.07, 6.45) is 1.24. The molecule has 2 heterocycles. The van der Waals surface area contributed by atoms with Crippen LogP contribution < -0.4 is 9.46 Å². The maximum absolute atomic E-state index is 14.4. The number of fused-ring (bicyclic) bond motifs is 1. The van der Waals surface area contributed by atoms with Gasteiger partial charge in [0.1, 0.15) is 11.4 Å². The second-order valence-electron chi connectivity index (χ2n) is 12.4. The lowest BCUT2D eigenvalue weighted by atomic mass is 10.0. The molecule has 1 aliphatic heterocycles. The van der Waals surface area contributed by atoms with Gasteiger partial charge in [0.15, 0.2) is 10.7 Å². The molecule has 4 rings (SSSR count). The van der Waals surface area contributed by atoms with E-state index in [-0.39, 0.29) is 70.0 Å². The number of carbonyl (C=O) groups excluding carboxylic acids is 1. The van der Waals surface area contributed by atoms with Crippen molar-refractivity contribution in [2.24, 2.45) is 5.92 Å². The van der Waals surface area contributed by atoms with Crippen LogP contribution in [0, 0.1) is 19.8 Å². The van der Waals surface area contributed by atoms with Gasteiger partial charge in [-0.3, -0.25) is 9.52 Å². The average Bonchev–Trinajstić information content (AvgIpc) is 3.40. The van der Waals surface area contributed by atoms with E-state index in [0.717, 1.165) is 6.42 Å². The maximum Gasteiger partial charge on any atom is 0.267 e. The molecule has 1 aromatic heterocycles. The Morgan fingerprint density at radius 3 is 2.44 bits per heavy atom. The molecule has 13 nitrogen and oxygen atoms in total. The molecule has 0 saturated carbocycles. The van der Waals surface area contributed by atoms with Crippen LogP contribution in [0.1, 0.15) is 61.8 Å². The van der Waals surface area contributed by atoms with Crippen LogP contribution in [-0.2, 0) is 24.8 Å². The molecule has 1 amide bonds. The van der Waals surface area contributed by atoms with E-state index in [9.17, 15) is 26.7 Å². The zero-order valence-corrected chi connectivity index (χ0v) is 29.9. The number of benzene rings is 2. The van der Waals surface area contributed by atoms with Crippen LogP contribution in [0.5, 0.6) is 5.75 Å². The molecular formula is C33H46N4O9S2. The molecule has 0 radical (unpaired) electrons. The van der Waals surface area contributed by atoms with Gasteiger partial charge in [-0.15, -0.1) is 0 Å². The van der Waals surface area contributed by atoms with Gasteiger partial charge in [-0.05, 0) is 77.3 Å². The molecular weight excluding hydrogens is 661 g/mol. The number of aliphatic hydroxyl groups excluding tert-OH is 1. The topological polar surface area (TPSA) is 169 Å². The molecule has 0 fully saturated rings. The number of rotatable bonds is 9. The molecule has 0 saturated heterocycles. The van der Waals surface area contributed by atoms with E-state index in [4.69, 9.17) is 14.0 Å². The number of aromatic nitrogens is 1. The van der Waals surface area contributed by atoms with Crippen molar-refractivity contribution in [1.82, 2.24) is 14.4 Å². The number of sulfonamides is 2. The van der Waals surface area contributed by atoms with Gasteiger partial charge in [-0.25, -0.2) is 16.8 Å². The summed E-state index contributed by atoms with van der Waals surface area (Å²) in [6, 6.07) is 12.0. The fraction of sp³-hybridized carbons (Fsp3) is 0.515. The summed E-state index contributed by atoms with van der Waals surface area (Å²) in [4.78, 5) is 15.9. The quantitative estimate of drug-likeness (QED) is 0.329. The fourth-order valence-electron chi connectivity index (χ4n) is 5.64. The summed E-state index contributed by atoms with van der Waals surface area (Å²) in [6.45, 7) is 8.66. The van der Waals surface area contributed by atoms with Crippen molar-refractivity contribution in [1.29, 1.82) is 0 Å². The van der Waals surface area contributed by atoms with Gasteiger partial charge in [0.05, 0.1) is 35.3 Å². The first-order chi connectivity index (χ1) is 22.6. The minimum absolute atomic E-state index is 0.0393. The first kappa shape index (κ1) is 37.3. The van der Waals surface area contributed by atoms with Crippen molar-refractivity contribution in [2.45, 2.75) is 81.9 Å². The van der Waals surface area contributed by atoms with Gasteiger partial charge in [0.25, 0.3) is 15.9 Å². The number of carbonyl (C=O) groups is 1. The number of likely N-dealkylation sites (N-methyl/N-ethyl adjacent to an activating group) is 1. The zero-order valence-electron chi connectivity index (χ0n) is 28.2. The van der Waals surface area contributed by atoms with Crippen LogP contribution in [0.4, 0.5) is 5.69 Å². The highest BCUT2D eigenvalue weighted by atomic mass is 32.2. The average molecular weight is 707 g/mol. The molecule has 0 unspecified atom stereocenters. The van der Waals surface area contributed by atoms with E-state index in [1.807, 2.05) is 13.8 Å². The van der Waals surface area contributed by atoms with E-state index in [1.54, 1.807) is 31.2 Å². The number of ether oxygens (including phenoxy) is 2. The monoisotopic (exact) mass is 706 g/mol. The number of anilines is 1. The third-order valence-electron chi connectivity index (χ3n) is 8.43. The summed E-state index contributed by atoms with van der Waals surface area (Å²) in [7, 11) is -6.41. The van der Waals surface area contributed by atoms with E-state index >= 15 is 0 Å². The van der Waals surface area contributed by atoms with Crippen LogP contribution in [0.25, 0.3) is 0 Å². The number of amides is 1. The Bertz CT molecular complexity index is 1740. The van der Waals surface area contributed by atoms with Crippen LogP contribution in [0.2, 0.25) is 0 Å². The predicted octanol–water partition coefficient (Wildman–Crippen LogP) is 4.21. The number of aliphatic hydroxyl groups is 1. The van der Waals surface area contributed by atoms with Gasteiger partial charge in [0.2, 0.25) is 10.0 Å². The number of aryl methyl sites for hydroxylation is 2. The Labute approximate surface area is 283 Å². The SMILES string of the molecule is Cc1noc(C)c1S(=O)(=O)Nc1ccc2c(c1)C(=O)N([C@@H](C)CO)C[C@@H](C)[C@H](CN(C)S(=O)(=O)c1ccccc1)OCCCC[C@@H](C)O2. The fourth-order valence-corrected chi connectivity index (χ4v) is 8.22. The lowest BCUT2D eigenvalue weighted by Crippen LogP contribution is -2.48. The number of nitrogens with one attached hydrogen (secondary N) is 1. The van der Waals surface area contributed by atoms with Crippen LogP contribution in [-0.4, -0.2) is 93.8 Å². The summed E-state index contributed by atoms with van der Waals surface area (Å²) in [5, 5.41) is 14.0. The zero-order chi connectivity index (χ0) is 35.2. The predicted molar refractivity (Wildman–Crippen MR) is 180 cm³/mol. The van der Waals surface area contributed by atoms with Crippen LogP contribution in [0.15, 0.2) is 62.8 Å². The Morgan fingerprint density at radius 2 is 1.79 bits per heavy atom. The lowest BCUT2D eigenvalue weighted by Gasteiger charge is -2.35. The minimum atomic E-state index is -4.11. The van der Waals surface area contributed by atoms with Gasteiger partial charge >= 0.3 is 0 Å². The van der Waals surface area contributed by atoms with Gasteiger partial charge in [-0.2, -0.15) is 4.31 Å². The molecule has 0 bridgehead atoms. The standard InChI is InChI=1S/C33H46N4O9S2/c1-22-19-37(23(2)21-38)33(39)29-18-27(35-47(40,41)32-25(4)34-46-26(32)5)15-16-30(29)45-24(3)12-10-11-17-44-31(22)20-36(6)48(42,43)28-13-8-7-9-14-28/h7-9,13-16,18,22-24,31,35,38H,10-12,17,19-21H2,1-6H3/t22-,23+,24-,31+/m1/s1. The van der Waals surface area contributed by atoms with E-state index in [0.29, 0.717) is 19.4 Å².